The third-order valence-corrected chi connectivity index (χ3v) is 3.02. The zero-order valence-electron chi connectivity index (χ0n) is 12.8. The first kappa shape index (κ1) is 18.6. The number of aryl methyl sites for hydroxylation is 4. The number of rotatable bonds is 4. The van der Waals surface area contributed by atoms with Crippen LogP contribution in [0.4, 0.5) is 0 Å². The van der Waals surface area contributed by atoms with E-state index in [9.17, 15) is 0 Å². The van der Waals surface area contributed by atoms with Crippen molar-refractivity contribution in [3.05, 3.63) is 58.7 Å². The Morgan fingerprint density at radius 1 is 0.789 bits per heavy atom. The van der Waals surface area contributed by atoms with Gasteiger partial charge in [-0.05, 0) is 0 Å². The molecule has 0 heterocycles. The van der Waals surface area contributed by atoms with Crippen molar-refractivity contribution >= 4 is 0 Å². The molecule has 0 saturated heterocycles. The van der Waals surface area contributed by atoms with Crippen molar-refractivity contribution in [3.8, 4) is 0 Å². The summed E-state index contributed by atoms with van der Waals surface area (Å²) >= 11 is 0. The van der Waals surface area contributed by atoms with Crippen LogP contribution in [0.2, 0.25) is 0 Å². The van der Waals surface area contributed by atoms with Crippen LogP contribution in [0.1, 0.15) is 48.9 Å². The molecule has 0 aliphatic heterocycles. The Morgan fingerprint density at radius 3 is 1.37 bits per heavy atom. The van der Waals surface area contributed by atoms with Gasteiger partial charge in [0.25, 0.3) is 0 Å². The summed E-state index contributed by atoms with van der Waals surface area (Å²) in [7, 11) is 0. The second-order valence-electron chi connectivity index (χ2n) is 5.09. The molecule has 1 heteroatoms. The van der Waals surface area contributed by atoms with E-state index in [1.54, 1.807) is 0 Å². The van der Waals surface area contributed by atoms with Crippen LogP contribution in [0.25, 0.3) is 0 Å². The molecule has 0 spiro atoms. The molecule has 0 aromatic heterocycles. The minimum absolute atomic E-state index is 0. The molecule has 2 aromatic rings. The van der Waals surface area contributed by atoms with Crippen LogP contribution in [0.5, 0.6) is 0 Å². The Morgan fingerprint density at radius 2 is 1.16 bits per heavy atom. The minimum Gasteiger partial charge on any atom is -0.210 e. The van der Waals surface area contributed by atoms with Gasteiger partial charge < -0.3 is 0 Å². The molecule has 0 fully saturated rings. The van der Waals surface area contributed by atoms with Gasteiger partial charge in [0.1, 0.15) is 0 Å². The molecule has 2 aromatic carbocycles. The standard InChI is InChI=1S/2C9H13.Hf/c2*1-3-4-9-6-5-8(2)7-9;/h2*5-7H,3-4H2,1-2H3;/q2*-1;. The van der Waals surface area contributed by atoms with E-state index in [2.05, 4.69) is 64.1 Å². The normalized spacial score (nSPS) is 9.47. The summed E-state index contributed by atoms with van der Waals surface area (Å²) in [4.78, 5) is 0. The Bertz CT molecular complexity index is 392. The maximum atomic E-state index is 2.25. The van der Waals surface area contributed by atoms with E-state index in [-0.39, 0.29) is 25.8 Å². The zero-order chi connectivity index (χ0) is 13.4. The molecule has 0 saturated carbocycles. The summed E-state index contributed by atoms with van der Waals surface area (Å²) in [6.45, 7) is 8.70. The molecule has 0 N–H and O–H groups in total. The second kappa shape index (κ2) is 10.4. The van der Waals surface area contributed by atoms with Gasteiger partial charge in [-0.15, -0.1) is 0 Å². The third-order valence-electron chi connectivity index (χ3n) is 3.02. The van der Waals surface area contributed by atoms with Gasteiger partial charge >= 0.3 is 0 Å². The van der Waals surface area contributed by atoms with E-state index in [1.807, 2.05) is 0 Å². The summed E-state index contributed by atoms with van der Waals surface area (Å²) in [5.74, 6) is 0. The average Bonchev–Trinajstić information content (AvgIpc) is 2.90. The van der Waals surface area contributed by atoms with Crippen LogP contribution < -0.4 is 0 Å². The van der Waals surface area contributed by atoms with Gasteiger partial charge in [0.05, 0.1) is 0 Å². The van der Waals surface area contributed by atoms with E-state index >= 15 is 0 Å². The van der Waals surface area contributed by atoms with E-state index in [4.69, 9.17) is 0 Å². The van der Waals surface area contributed by atoms with E-state index in [0.29, 0.717) is 0 Å². The van der Waals surface area contributed by atoms with Crippen molar-refractivity contribution in [3.63, 3.8) is 0 Å². The predicted octanol–water partition coefficient (Wildman–Crippen LogP) is 5.33. The third kappa shape index (κ3) is 7.67. The van der Waals surface area contributed by atoms with Crippen molar-refractivity contribution in [2.45, 2.75) is 53.4 Å². The quantitative estimate of drug-likeness (QED) is 0.463. The molecular formula is C18H26Hf-2. The van der Waals surface area contributed by atoms with E-state index < -0.39 is 0 Å². The van der Waals surface area contributed by atoms with Gasteiger partial charge in [0.2, 0.25) is 0 Å². The molecule has 0 atom stereocenters. The Hall–Kier alpha value is -0.430. The van der Waals surface area contributed by atoms with E-state index in [0.717, 1.165) is 0 Å². The molecule has 2 rings (SSSR count). The fourth-order valence-corrected chi connectivity index (χ4v) is 2.14. The summed E-state index contributed by atoms with van der Waals surface area (Å²) in [6, 6.07) is 13.3. The Kier molecular flexibility index (Phi) is 10.1. The first-order valence-electron chi connectivity index (χ1n) is 7.10. The SMILES string of the molecule is CCCc1cc[c-](C)c1.CCCc1cc[c-](C)c1.[Hf]. The van der Waals surface area contributed by atoms with Gasteiger partial charge in [-0.3, -0.25) is 0 Å². The van der Waals surface area contributed by atoms with Crippen LogP contribution in [-0.2, 0) is 38.7 Å². The van der Waals surface area contributed by atoms with Gasteiger partial charge in [0, 0.05) is 25.8 Å². The van der Waals surface area contributed by atoms with Gasteiger partial charge in [-0.1, -0.05) is 53.4 Å². The van der Waals surface area contributed by atoms with Crippen molar-refractivity contribution in [1.82, 2.24) is 0 Å². The monoisotopic (exact) mass is 422 g/mol. The van der Waals surface area contributed by atoms with E-state index in [1.165, 1.54) is 47.9 Å². The molecule has 0 nitrogen and oxygen atoms in total. The molecule has 0 aliphatic rings. The average molecular weight is 421 g/mol. The predicted molar refractivity (Wildman–Crippen MR) is 81.5 cm³/mol. The smallest absolute Gasteiger partial charge is 0 e. The molecule has 0 bridgehead atoms. The maximum absolute atomic E-state index is 2.25. The Labute approximate surface area is 137 Å². The van der Waals surface area contributed by atoms with Crippen LogP contribution in [0.3, 0.4) is 0 Å². The van der Waals surface area contributed by atoms with Crippen LogP contribution in [0, 0.1) is 13.8 Å². The number of hydrogen-bond acceptors (Lipinski definition) is 0. The molecule has 0 aliphatic carbocycles. The zero-order valence-corrected chi connectivity index (χ0v) is 16.4. The molecule has 104 valence electrons. The number of hydrogen-bond donors (Lipinski definition) is 0. The Balaban J connectivity index is 0.000000324. The summed E-state index contributed by atoms with van der Waals surface area (Å²) in [5.41, 5.74) is 5.74. The summed E-state index contributed by atoms with van der Waals surface area (Å²) < 4.78 is 0. The first-order valence-corrected chi connectivity index (χ1v) is 7.10. The fourth-order valence-electron chi connectivity index (χ4n) is 2.14. The molecular weight excluding hydrogens is 395 g/mol. The summed E-state index contributed by atoms with van der Waals surface area (Å²) in [6.07, 6.45) is 4.97. The van der Waals surface area contributed by atoms with Gasteiger partial charge in [-0.2, -0.15) is 46.5 Å². The first-order chi connectivity index (χ1) is 8.65. The molecule has 19 heavy (non-hydrogen) atoms. The van der Waals surface area contributed by atoms with Crippen molar-refractivity contribution in [2.75, 3.05) is 0 Å². The van der Waals surface area contributed by atoms with Crippen molar-refractivity contribution in [1.29, 1.82) is 0 Å². The fraction of sp³-hybridized carbons (Fsp3) is 0.444. The minimum atomic E-state index is 0. The molecule has 0 unspecified atom stereocenters. The maximum Gasteiger partial charge on any atom is 0 e. The second-order valence-corrected chi connectivity index (χ2v) is 5.09. The molecule has 0 amide bonds. The largest absolute Gasteiger partial charge is 0.210 e. The van der Waals surface area contributed by atoms with Gasteiger partial charge in [0.15, 0.2) is 0 Å². The topological polar surface area (TPSA) is 0 Å². The van der Waals surface area contributed by atoms with Crippen LogP contribution >= 0.6 is 0 Å². The summed E-state index contributed by atoms with van der Waals surface area (Å²) in [5, 5.41) is 0. The van der Waals surface area contributed by atoms with Gasteiger partial charge in [-0.25, -0.2) is 12.1 Å². The van der Waals surface area contributed by atoms with Crippen LogP contribution in [0.15, 0.2) is 36.4 Å². The van der Waals surface area contributed by atoms with Crippen molar-refractivity contribution < 1.29 is 25.8 Å². The van der Waals surface area contributed by atoms with Crippen LogP contribution in [-0.4, -0.2) is 0 Å². The molecule has 0 radical (unpaired) electrons. The van der Waals surface area contributed by atoms with Crippen molar-refractivity contribution in [2.24, 2.45) is 0 Å².